The lowest BCUT2D eigenvalue weighted by Crippen LogP contribution is -2.26. The number of nitrogens with one attached hydrogen (secondary N) is 1. The number of likely N-dealkylation sites (tertiary alicyclic amines) is 1. The van der Waals surface area contributed by atoms with Gasteiger partial charge in [-0.3, -0.25) is 9.69 Å². The van der Waals surface area contributed by atoms with E-state index >= 15 is 0 Å². The number of alkyl halides is 2. The lowest BCUT2D eigenvalue weighted by atomic mass is 9.86. The van der Waals surface area contributed by atoms with Crippen LogP contribution in [0, 0.1) is 11.7 Å². The molecule has 5 rings (SSSR count). The molecule has 1 aromatic carbocycles. The summed E-state index contributed by atoms with van der Waals surface area (Å²) in [5.41, 5.74) is 1.11. The number of imidazole rings is 1. The minimum absolute atomic E-state index is 0.0264. The molecule has 6 nitrogen and oxygen atoms in total. The Morgan fingerprint density at radius 2 is 1.88 bits per heavy atom. The van der Waals surface area contributed by atoms with Crippen LogP contribution in [0.1, 0.15) is 61.7 Å². The molecule has 9 heteroatoms. The van der Waals surface area contributed by atoms with E-state index < -0.39 is 5.92 Å². The first-order valence-electron chi connectivity index (χ1n) is 11.1. The molecular weight excluding hydrogens is 419 g/mol. The molecule has 1 aliphatic heterocycles. The number of aromatic nitrogens is 4. The standard InChI is InChI=1S/C23H26F3N5O/c1-14-11-30(12-15-2-4-17(24)5-3-15)13-18(14)20-28-22(32)19-10-27-21(31(19)29-20)16-6-8-23(25,26)9-7-16/h2-5,10,14,16,18H,6-9,11-13H2,1H3,(H,28,29,32). The first-order valence-corrected chi connectivity index (χ1v) is 11.1. The highest BCUT2D eigenvalue weighted by Gasteiger charge is 2.37. The van der Waals surface area contributed by atoms with Gasteiger partial charge >= 0.3 is 0 Å². The Morgan fingerprint density at radius 3 is 2.59 bits per heavy atom. The van der Waals surface area contributed by atoms with Crippen molar-refractivity contribution in [1.82, 2.24) is 24.5 Å². The molecule has 0 radical (unpaired) electrons. The van der Waals surface area contributed by atoms with Crippen LogP contribution in [-0.4, -0.2) is 43.5 Å². The summed E-state index contributed by atoms with van der Waals surface area (Å²) in [6.45, 7) is 4.36. The molecule has 0 amide bonds. The fourth-order valence-corrected chi connectivity index (χ4v) is 5.08. The van der Waals surface area contributed by atoms with Crippen molar-refractivity contribution < 1.29 is 13.2 Å². The summed E-state index contributed by atoms with van der Waals surface area (Å²) in [5, 5.41) is 4.73. The number of halogens is 3. The minimum Gasteiger partial charge on any atom is -0.307 e. The summed E-state index contributed by atoms with van der Waals surface area (Å²) in [6, 6.07) is 6.48. The van der Waals surface area contributed by atoms with E-state index in [1.54, 1.807) is 16.6 Å². The predicted octanol–water partition coefficient (Wildman–Crippen LogP) is 4.09. The molecule has 2 aliphatic rings. The van der Waals surface area contributed by atoms with Gasteiger partial charge in [-0.2, -0.15) is 5.10 Å². The Labute approximate surface area is 183 Å². The van der Waals surface area contributed by atoms with E-state index in [9.17, 15) is 18.0 Å². The zero-order valence-electron chi connectivity index (χ0n) is 17.9. The van der Waals surface area contributed by atoms with E-state index in [1.807, 2.05) is 0 Å². The van der Waals surface area contributed by atoms with Crippen LogP contribution in [0.5, 0.6) is 0 Å². The summed E-state index contributed by atoms with van der Waals surface area (Å²) in [7, 11) is 0. The van der Waals surface area contributed by atoms with Gasteiger partial charge in [0.05, 0.1) is 6.20 Å². The van der Waals surface area contributed by atoms with E-state index in [0.717, 1.165) is 12.1 Å². The average molecular weight is 445 g/mol. The largest absolute Gasteiger partial charge is 0.307 e. The highest BCUT2D eigenvalue weighted by molar-refractivity contribution is 5.42. The topological polar surface area (TPSA) is 66.3 Å². The third-order valence-electron chi connectivity index (χ3n) is 6.89. The normalized spacial score (nSPS) is 24.4. The Bertz CT molecular complexity index is 1160. The lowest BCUT2D eigenvalue weighted by Gasteiger charge is -2.27. The van der Waals surface area contributed by atoms with Crippen molar-refractivity contribution >= 4 is 5.52 Å². The van der Waals surface area contributed by atoms with E-state index in [4.69, 9.17) is 5.10 Å². The SMILES string of the molecule is CC1CN(Cc2ccc(F)cc2)CC1c1nn2c(C3CCC(F)(F)CC3)ncc2c(=O)[nH]1. The molecule has 3 aromatic rings. The van der Waals surface area contributed by atoms with Crippen molar-refractivity contribution in [3.63, 3.8) is 0 Å². The molecule has 2 unspecified atom stereocenters. The number of fused-ring (bicyclic) bond motifs is 1. The van der Waals surface area contributed by atoms with Gasteiger partial charge in [-0.25, -0.2) is 22.7 Å². The molecule has 170 valence electrons. The second-order valence-electron chi connectivity index (χ2n) is 9.29. The zero-order valence-corrected chi connectivity index (χ0v) is 17.9. The Balaban J connectivity index is 1.39. The molecule has 1 aliphatic carbocycles. The molecule has 1 saturated carbocycles. The molecule has 1 N–H and O–H groups in total. The molecule has 32 heavy (non-hydrogen) atoms. The molecule has 2 atom stereocenters. The van der Waals surface area contributed by atoms with Crippen LogP contribution in [0.25, 0.3) is 5.52 Å². The van der Waals surface area contributed by atoms with Crippen molar-refractivity contribution in [2.24, 2.45) is 5.92 Å². The lowest BCUT2D eigenvalue weighted by molar-refractivity contribution is -0.0388. The maximum absolute atomic E-state index is 13.6. The average Bonchev–Trinajstić information content (AvgIpc) is 3.33. The van der Waals surface area contributed by atoms with Crippen LogP contribution in [-0.2, 0) is 6.54 Å². The van der Waals surface area contributed by atoms with Gasteiger partial charge in [-0.15, -0.1) is 0 Å². The summed E-state index contributed by atoms with van der Waals surface area (Å²) in [4.78, 5) is 22.3. The maximum Gasteiger partial charge on any atom is 0.276 e. The van der Waals surface area contributed by atoms with Crippen molar-refractivity contribution in [3.8, 4) is 0 Å². The molecule has 3 heterocycles. The van der Waals surface area contributed by atoms with Crippen molar-refractivity contribution in [3.05, 3.63) is 63.8 Å². The number of rotatable bonds is 4. The van der Waals surface area contributed by atoms with Crippen LogP contribution in [0.2, 0.25) is 0 Å². The van der Waals surface area contributed by atoms with Crippen LogP contribution >= 0.6 is 0 Å². The monoisotopic (exact) mass is 445 g/mol. The van der Waals surface area contributed by atoms with E-state index in [0.29, 0.717) is 43.1 Å². The van der Waals surface area contributed by atoms with E-state index in [1.165, 1.54) is 18.3 Å². The Kier molecular flexibility index (Phi) is 5.31. The molecule has 0 bridgehead atoms. The third kappa shape index (κ3) is 4.05. The highest BCUT2D eigenvalue weighted by Crippen LogP contribution is 2.40. The summed E-state index contributed by atoms with van der Waals surface area (Å²) in [6.07, 6.45) is 1.82. The second kappa shape index (κ2) is 8.03. The molecule has 2 fully saturated rings. The van der Waals surface area contributed by atoms with Gasteiger partial charge in [-0.1, -0.05) is 19.1 Å². The van der Waals surface area contributed by atoms with Crippen molar-refractivity contribution in [1.29, 1.82) is 0 Å². The van der Waals surface area contributed by atoms with Gasteiger partial charge in [0.15, 0.2) is 5.52 Å². The molecule has 1 saturated heterocycles. The third-order valence-corrected chi connectivity index (χ3v) is 6.89. The molecule has 2 aromatic heterocycles. The van der Waals surface area contributed by atoms with Crippen molar-refractivity contribution in [2.75, 3.05) is 13.1 Å². The van der Waals surface area contributed by atoms with Gasteiger partial charge in [0.2, 0.25) is 5.92 Å². The van der Waals surface area contributed by atoms with Crippen LogP contribution < -0.4 is 5.56 Å². The number of aromatic amines is 1. The number of benzene rings is 1. The summed E-state index contributed by atoms with van der Waals surface area (Å²) in [5.74, 6) is -1.53. The Hall–Kier alpha value is -2.68. The Morgan fingerprint density at radius 1 is 1.16 bits per heavy atom. The van der Waals surface area contributed by atoms with Crippen LogP contribution in [0.15, 0.2) is 35.3 Å². The van der Waals surface area contributed by atoms with E-state index in [2.05, 4.69) is 21.8 Å². The van der Waals surface area contributed by atoms with E-state index in [-0.39, 0.29) is 42.0 Å². The first-order chi connectivity index (χ1) is 15.3. The van der Waals surface area contributed by atoms with Crippen molar-refractivity contribution in [2.45, 2.75) is 56.9 Å². The smallest absolute Gasteiger partial charge is 0.276 e. The number of hydrogen-bond acceptors (Lipinski definition) is 4. The number of H-pyrrole nitrogens is 1. The van der Waals surface area contributed by atoms with Gasteiger partial charge in [0, 0.05) is 44.3 Å². The zero-order chi connectivity index (χ0) is 22.5. The molecular formula is C23H26F3N5O. The quantitative estimate of drug-likeness (QED) is 0.657. The van der Waals surface area contributed by atoms with Crippen LogP contribution in [0.4, 0.5) is 13.2 Å². The minimum atomic E-state index is -2.62. The summed E-state index contributed by atoms with van der Waals surface area (Å²) >= 11 is 0. The number of hydrogen-bond donors (Lipinski definition) is 1. The fourth-order valence-electron chi connectivity index (χ4n) is 5.08. The van der Waals surface area contributed by atoms with Gasteiger partial charge in [0.25, 0.3) is 5.56 Å². The van der Waals surface area contributed by atoms with Gasteiger partial charge < -0.3 is 4.98 Å². The maximum atomic E-state index is 13.6. The van der Waals surface area contributed by atoms with Gasteiger partial charge in [0.1, 0.15) is 17.5 Å². The second-order valence-corrected chi connectivity index (χ2v) is 9.29. The van der Waals surface area contributed by atoms with Gasteiger partial charge in [-0.05, 0) is 36.5 Å². The fraction of sp³-hybridized carbons (Fsp3) is 0.522. The predicted molar refractivity (Wildman–Crippen MR) is 113 cm³/mol. The summed E-state index contributed by atoms with van der Waals surface area (Å²) < 4.78 is 42.0. The first kappa shape index (κ1) is 21.2. The van der Waals surface area contributed by atoms with Crippen LogP contribution in [0.3, 0.4) is 0 Å². The number of nitrogens with zero attached hydrogens (tertiary/aromatic N) is 4. The molecule has 0 spiro atoms. The highest BCUT2D eigenvalue weighted by atomic mass is 19.3.